The van der Waals surface area contributed by atoms with Crippen molar-refractivity contribution in [3.05, 3.63) is 119 Å². The van der Waals surface area contributed by atoms with Crippen LogP contribution in [-0.2, 0) is 26.1 Å². The lowest BCUT2D eigenvalue weighted by Gasteiger charge is -2.18. The highest BCUT2D eigenvalue weighted by Gasteiger charge is 2.32. The number of rotatable bonds is 11. The van der Waals surface area contributed by atoms with E-state index < -0.39 is 43.7 Å². The van der Waals surface area contributed by atoms with E-state index in [2.05, 4.69) is 10.6 Å². The van der Waals surface area contributed by atoms with Gasteiger partial charge in [0.05, 0.1) is 17.5 Å². The van der Waals surface area contributed by atoms with Crippen molar-refractivity contribution in [2.75, 3.05) is 27.8 Å². The summed E-state index contributed by atoms with van der Waals surface area (Å²) in [5.41, 5.74) is 2.48. The molecular formula is C33H29N4O9S3+. The second kappa shape index (κ2) is 13.8. The van der Waals surface area contributed by atoms with E-state index in [1.165, 1.54) is 28.0 Å². The molecule has 4 N–H and O–H groups in total. The molecule has 0 saturated heterocycles. The van der Waals surface area contributed by atoms with Crippen molar-refractivity contribution in [2.45, 2.75) is 12.3 Å². The van der Waals surface area contributed by atoms with Gasteiger partial charge < -0.3 is 20.3 Å². The summed E-state index contributed by atoms with van der Waals surface area (Å²) in [4.78, 5) is 27.7. The number of hydrogen-bond donors (Lipinski definition) is 4. The van der Waals surface area contributed by atoms with Crippen LogP contribution in [0.2, 0.25) is 0 Å². The summed E-state index contributed by atoms with van der Waals surface area (Å²) in [6.07, 6.45) is 1.51. The number of benzene rings is 4. The van der Waals surface area contributed by atoms with Crippen LogP contribution >= 0.6 is 11.3 Å². The number of carbonyl (C=O) groups is 2. The van der Waals surface area contributed by atoms with Crippen molar-refractivity contribution >= 4 is 76.7 Å². The minimum absolute atomic E-state index is 0.0171. The van der Waals surface area contributed by atoms with Crippen LogP contribution in [0.4, 0.5) is 17.1 Å². The van der Waals surface area contributed by atoms with Crippen molar-refractivity contribution < 1.29 is 44.8 Å². The number of carbonyl (C=O) groups excluding carboxylic acids is 2. The van der Waals surface area contributed by atoms with E-state index in [4.69, 9.17) is 4.74 Å². The standard InChI is InChI=1S/C33H28N4O9S3/c38-32(34-24-8-3-1-4-9-24)22-12-14-28-26(18-22)36(16-7-17-48(40,41)42)30(46-28)20-31-37(21-49(43,44)45)27-19-23(13-15-29(27)47-31)33(39)35-25-10-5-2-6-11-25/h1-6,8-15,18-20H,7,16-17,21H2,(H3-,34,35,38,39,40,41,42,43,44,45)/p+1. The lowest BCUT2D eigenvalue weighted by atomic mass is 10.1. The fraction of sp³-hybridized carbons (Fsp3) is 0.121. The van der Waals surface area contributed by atoms with Crippen LogP contribution in [0.1, 0.15) is 32.1 Å². The molecule has 13 nitrogen and oxygen atoms in total. The number of amides is 2. The fourth-order valence-electron chi connectivity index (χ4n) is 5.19. The first kappa shape index (κ1) is 33.8. The Labute approximate surface area is 285 Å². The summed E-state index contributed by atoms with van der Waals surface area (Å²) in [5, 5.41) is 5.92. The van der Waals surface area contributed by atoms with Crippen LogP contribution in [0.3, 0.4) is 0 Å². The number of para-hydroxylation sites is 2. The average molecular weight is 722 g/mol. The maximum atomic E-state index is 13.1. The molecule has 1 aliphatic heterocycles. The zero-order chi connectivity index (χ0) is 34.8. The second-order valence-corrected chi connectivity index (χ2v) is 15.0. The van der Waals surface area contributed by atoms with Gasteiger partial charge in [0.2, 0.25) is 11.4 Å². The number of anilines is 3. The minimum atomic E-state index is -4.57. The Bertz CT molecular complexity index is 2310. The first-order valence-corrected chi connectivity index (χ1v) is 18.8. The molecule has 1 aliphatic rings. The number of hydrogen-bond acceptors (Lipinski definition) is 9. The second-order valence-electron chi connectivity index (χ2n) is 11.0. The molecule has 0 aliphatic carbocycles. The van der Waals surface area contributed by atoms with E-state index in [0.29, 0.717) is 38.0 Å². The molecule has 0 saturated carbocycles. The van der Waals surface area contributed by atoms with E-state index >= 15 is 0 Å². The van der Waals surface area contributed by atoms with Crippen LogP contribution in [0.5, 0.6) is 5.75 Å². The maximum Gasteiger partial charge on any atom is 0.326 e. The largest absolute Gasteiger partial charge is 0.438 e. The van der Waals surface area contributed by atoms with Gasteiger partial charge in [-0.1, -0.05) is 47.7 Å². The van der Waals surface area contributed by atoms with Crippen molar-refractivity contribution in [2.24, 2.45) is 0 Å². The van der Waals surface area contributed by atoms with Crippen LogP contribution < -0.4 is 24.8 Å². The topological polar surface area (TPSA) is 183 Å². The summed E-state index contributed by atoms with van der Waals surface area (Å²) in [5.74, 6) is -1.69. The number of nitrogens with zero attached hydrogens (tertiary/aromatic N) is 2. The Morgan fingerprint density at radius 2 is 1.39 bits per heavy atom. The molecule has 5 aromatic rings. The molecule has 6 rings (SSSR count). The highest BCUT2D eigenvalue weighted by molar-refractivity contribution is 7.85. The third-order valence-electron chi connectivity index (χ3n) is 7.37. The summed E-state index contributed by atoms with van der Waals surface area (Å²) >= 11 is 1.17. The zero-order valence-corrected chi connectivity index (χ0v) is 28.0. The molecule has 49 heavy (non-hydrogen) atoms. The van der Waals surface area contributed by atoms with E-state index in [0.717, 1.165) is 0 Å². The van der Waals surface area contributed by atoms with Gasteiger partial charge in [-0.15, -0.1) is 0 Å². The summed E-state index contributed by atoms with van der Waals surface area (Å²) in [7, 11) is -8.85. The molecule has 16 heteroatoms. The predicted octanol–water partition coefficient (Wildman–Crippen LogP) is 5.01. The van der Waals surface area contributed by atoms with Gasteiger partial charge in [0.15, 0.2) is 5.75 Å². The van der Waals surface area contributed by atoms with Crippen molar-refractivity contribution in [3.63, 3.8) is 0 Å². The van der Waals surface area contributed by atoms with Gasteiger partial charge >= 0.3 is 10.1 Å². The van der Waals surface area contributed by atoms with Crippen LogP contribution in [0, 0.1) is 0 Å². The van der Waals surface area contributed by atoms with Gasteiger partial charge in [-0.25, -0.2) is 0 Å². The van der Waals surface area contributed by atoms with Crippen molar-refractivity contribution in [1.82, 2.24) is 0 Å². The first-order chi connectivity index (χ1) is 23.3. The molecule has 0 radical (unpaired) electrons. The SMILES string of the molecule is O=C(Nc1ccccc1)c1ccc2c(c1)N(CCCS(=O)(=O)O)C(=Cc1sc3ccc(C(=O)Nc4ccccc4)cc3[n+]1CS(=O)(=O)O)O2. The highest BCUT2D eigenvalue weighted by Crippen LogP contribution is 2.41. The number of aromatic nitrogens is 1. The quantitative estimate of drug-likeness (QED) is 0.107. The molecule has 4 aromatic carbocycles. The molecule has 0 fully saturated rings. The fourth-order valence-corrected chi connectivity index (χ4v) is 7.43. The number of thiazole rings is 1. The van der Waals surface area contributed by atoms with Gasteiger partial charge in [-0.2, -0.15) is 21.4 Å². The molecule has 1 aromatic heterocycles. The molecule has 252 valence electrons. The Morgan fingerprint density at radius 1 is 0.796 bits per heavy atom. The highest BCUT2D eigenvalue weighted by atomic mass is 32.2. The molecule has 0 spiro atoms. The number of ether oxygens (including phenoxy) is 1. The van der Waals surface area contributed by atoms with E-state index in [1.807, 2.05) is 12.1 Å². The Hall–Kier alpha value is -5.13. The van der Waals surface area contributed by atoms with Crippen LogP contribution in [0.25, 0.3) is 16.3 Å². The third-order valence-corrected chi connectivity index (χ3v) is 9.87. The zero-order valence-electron chi connectivity index (χ0n) is 25.5. The number of nitrogens with one attached hydrogen (secondary N) is 2. The Morgan fingerprint density at radius 3 is 1.98 bits per heavy atom. The van der Waals surface area contributed by atoms with E-state index in [1.54, 1.807) is 83.8 Å². The van der Waals surface area contributed by atoms with Gasteiger partial charge in [0, 0.05) is 35.1 Å². The molecule has 0 unspecified atom stereocenters. The summed E-state index contributed by atoms with van der Waals surface area (Å²) < 4.78 is 74.7. The predicted molar refractivity (Wildman–Crippen MR) is 186 cm³/mol. The van der Waals surface area contributed by atoms with Crippen molar-refractivity contribution in [1.29, 1.82) is 0 Å². The van der Waals surface area contributed by atoms with Gasteiger partial charge in [0.25, 0.3) is 32.8 Å². The Kier molecular flexibility index (Phi) is 9.49. The normalized spacial score (nSPS) is 13.7. The lowest BCUT2D eigenvalue weighted by molar-refractivity contribution is -0.649. The lowest BCUT2D eigenvalue weighted by Crippen LogP contribution is -2.39. The van der Waals surface area contributed by atoms with Gasteiger partial charge in [0.1, 0.15) is 4.70 Å². The number of fused-ring (bicyclic) bond motifs is 2. The Balaban J connectivity index is 1.38. The molecular weight excluding hydrogens is 693 g/mol. The van der Waals surface area contributed by atoms with Crippen molar-refractivity contribution in [3.8, 4) is 5.75 Å². The smallest absolute Gasteiger partial charge is 0.326 e. The van der Waals surface area contributed by atoms with E-state index in [9.17, 15) is 35.5 Å². The molecule has 2 amide bonds. The minimum Gasteiger partial charge on any atom is -0.438 e. The average Bonchev–Trinajstić information content (AvgIpc) is 3.56. The van der Waals surface area contributed by atoms with Crippen LogP contribution in [0.15, 0.2) is 103 Å². The molecule has 0 atom stereocenters. The van der Waals surface area contributed by atoms with Crippen LogP contribution in [-0.4, -0.2) is 50.1 Å². The third kappa shape index (κ3) is 8.30. The summed E-state index contributed by atoms with van der Waals surface area (Å²) in [6, 6.07) is 27.2. The monoisotopic (exact) mass is 721 g/mol. The van der Waals surface area contributed by atoms with Gasteiger partial charge in [-0.3, -0.25) is 18.7 Å². The molecule has 2 heterocycles. The van der Waals surface area contributed by atoms with E-state index in [-0.39, 0.29) is 30.0 Å². The first-order valence-electron chi connectivity index (χ1n) is 14.7. The maximum absolute atomic E-state index is 13.1. The van der Waals surface area contributed by atoms with Gasteiger partial charge in [-0.05, 0) is 61.0 Å². The molecule has 0 bridgehead atoms. The summed E-state index contributed by atoms with van der Waals surface area (Å²) in [6.45, 7) is 0.0371.